The van der Waals surface area contributed by atoms with Crippen LogP contribution in [0.1, 0.15) is 52.5 Å². The molecule has 0 heterocycles. The molecule has 27 heavy (non-hydrogen) atoms. The molecule has 8 heteroatoms. The standard InChI is InChI=1S/C19H29NO6S/c1-18(2,3)26-20(14-21)13-19(4,5)27(24,25)12-16(11-17(22)23)15-9-7-6-8-10-15/h6-10,14,16H,11-13H2,1-5H3,(H,22,23). The Labute approximate surface area is 161 Å². The van der Waals surface area contributed by atoms with Crippen molar-refractivity contribution in [3.63, 3.8) is 0 Å². The Kier molecular flexibility index (Phi) is 7.57. The van der Waals surface area contributed by atoms with Crippen LogP contribution in [0, 0.1) is 0 Å². The van der Waals surface area contributed by atoms with E-state index in [0.29, 0.717) is 12.0 Å². The minimum Gasteiger partial charge on any atom is -0.481 e. The number of carbonyl (C=O) groups excluding carboxylic acids is 1. The van der Waals surface area contributed by atoms with Gasteiger partial charge in [0.25, 0.3) is 0 Å². The lowest BCUT2D eigenvalue weighted by atomic mass is 9.98. The van der Waals surface area contributed by atoms with Gasteiger partial charge in [-0.05, 0) is 40.2 Å². The van der Waals surface area contributed by atoms with Crippen molar-refractivity contribution in [1.82, 2.24) is 5.06 Å². The fourth-order valence-electron chi connectivity index (χ4n) is 2.62. The molecule has 7 nitrogen and oxygen atoms in total. The van der Waals surface area contributed by atoms with Gasteiger partial charge in [0.2, 0.25) is 6.41 Å². The van der Waals surface area contributed by atoms with Gasteiger partial charge >= 0.3 is 5.97 Å². The Hall–Kier alpha value is -1.93. The van der Waals surface area contributed by atoms with Crippen LogP contribution in [0.15, 0.2) is 30.3 Å². The number of amides is 1. The number of nitrogens with zero attached hydrogens (tertiary/aromatic N) is 1. The highest BCUT2D eigenvalue weighted by Crippen LogP contribution is 2.28. The molecule has 0 aliphatic heterocycles. The molecule has 1 rings (SSSR count). The van der Waals surface area contributed by atoms with Gasteiger partial charge in [-0.1, -0.05) is 30.3 Å². The second-order valence-electron chi connectivity index (χ2n) is 8.13. The quantitative estimate of drug-likeness (QED) is 0.479. The van der Waals surface area contributed by atoms with Crippen molar-refractivity contribution in [3.8, 4) is 0 Å². The highest BCUT2D eigenvalue weighted by atomic mass is 32.2. The van der Waals surface area contributed by atoms with E-state index >= 15 is 0 Å². The van der Waals surface area contributed by atoms with Crippen LogP contribution in [0.25, 0.3) is 0 Å². The first-order chi connectivity index (χ1) is 12.3. The molecule has 0 aliphatic carbocycles. The summed E-state index contributed by atoms with van der Waals surface area (Å²) in [6.07, 6.45) is 0.156. The SMILES string of the molecule is CC(C)(C)ON(C=O)CC(C)(C)S(=O)(=O)CC(CC(=O)O)c1ccccc1. The summed E-state index contributed by atoms with van der Waals surface area (Å²) in [5.41, 5.74) is -0.00569. The zero-order valence-corrected chi connectivity index (χ0v) is 17.3. The number of hydrogen-bond acceptors (Lipinski definition) is 5. The third-order valence-corrected chi connectivity index (χ3v) is 6.65. The van der Waals surface area contributed by atoms with E-state index in [1.165, 1.54) is 13.8 Å². The smallest absolute Gasteiger partial charge is 0.303 e. The van der Waals surface area contributed by atoms with E-state index in [1.54, 1.807) is 51.1 Å². The molecule has 0 radical (unpaired) electrons. The van der Waals surface area contributed by atoms with E-state index < -0.39 is 32.1 Å². The van der Waals surface area contributed by atoms with E-state index in [9.17, 15) is 23.1 Å². The van der Waals surface area contributed by atoms with Gasteiger partial charge in [-0.3, -0.25) is 14.4 Å². The normalized spacial score (nSPS) is 13.8. The van der Waals surface area contributed by atoms with Crippen molar-refractivity contribution in [3.05, 3.63) is 35.9 Å². The molecule has 0 saturated heterocycles. The van der Waals surface area contributed by atoms with Gasteiger partial charge in [-0.2, -0.15) is 0 Å². The van der Waals surface area contributed by atoms with Gasteiger partial charge in [0.1, 0.15) is 0 Å². The van der Waals surface area contributed by atoms with Crippen LogP contribution < -0.4 is 0 Å². The van der Waals surface area contributed by atoms with Crippen LogP contribution in [0.4, 0.5) is 0 Å². The fraction of sp³-hybridized carbons (Fsp3) is 0.579. The molecule has 1 unspecified atom stereocenters. The molecule has 1 amide bonds. The lowest BCUT2D eigenvalue weighted by Gasteiger charge is -2.34. The molecule has 1 aromatic carbocycles. The molecule has 0 aromatic heterocycles. The van der Waals surface area contributed by atoms with Gasteiger partial charge in [0.05, 0.1) is 29.1 Å². The number of carbonyl (C=O) groups is 2. The van der Waals surface area contributed by atoms with E-state index in [4.69, 9.17) is 4.84 Å². The number of carboxylic acids is 1. The van der Waals surface area contributed by atoms with Crippen molar-refractivity contribution >= 4 is 22.2 Å². The van der Waals surface area contributed by atoms with Gasteiger partial charge in [0, 0.05) is 5.92 Å². The molecule has 0 bridgehead atoms. The summed E-state index contributed by atoms with van der Waals surface area (Å²) in [6, 6.07) is 8.71. The molecule has 1 aromatic rings. The van der Waals surface area contributed by atoms with E-state index in [-0.39, 0.29) is 18.7 Å². The second-order valence-corrected chi connectivity index (χ2v) is 10.8. The highest BCUT2D eigenvalue weighted by molar-refractivity contribution is 7.92. The molecular weight excluding hydrogens is 370 g/mol. The van der Waals surface area contributed by atoms with E-state index in [2.05, 4.69) is 0 Å². The number of hydroxylamine groups is 2. The first-order valence-electron chi connectivity index (χ1n) is 8.67. The van der Waals surface area contributed by atoms with Crippen LogP contribution in [-0.4, -0.2) is 53.6 Å². The average molecular weight is 400 g/mol. The van der Waals surface area contributed by atoms with E-state index in [0.717, 1.165) is 5.06 Å². The average Bonchev–Trinajstić information content (AvgIpc) is 2.52. The van der Waals surface area contributed by atoms with Gasteiger partial charge < -0.3 is 5.11 Å². The lowest BCUT2D eigenvalue weighted by molar-refractivity contribution is -0.217. The summed E-state index contributed by atoms with van der Waals surface area (Å²) in [5, 5.41) is 10.2. The van der Waals surface area contributed by atoms with Crippen molar-refractivity contribution < 1.29 is 28.0 Å². The number of hydrogen-bond donors (Lipinski definition) is 1. The van der Waals surface area contributed by atoms with Crippen LogP contribution in [-0.2, 0) is 24.3 Å². The van der Waals surface area contributed by atoms with Gasteiger partial charge in [-0.15, -0.1) is 0 Å². The van der Waals surface area contributed by atoms with Crippen LogP contribution >= 0.6 is 0 Å². The third kappa shape index (κ3) is 7.30. The summed E-state index contributed by atoms with van der Waals surface area (Å²) >= 11 is 0. The molecule has 152 valence electrons. The van der Waals surface area contributed by atoms with Crippen molar-refractivity contribution in [2.75, 3.05) is 12.3 Å². The summed E-state index contributed by atoms with van der Waals surface area (Å²) in [5.74, 6) is -2.08. The number of carboxylic acid groups (broad SMARTS) is 1. The summed E-state index contributed by atoms with van der Waals surface area (Å²) in [7, 11) is -3.76. The summed E-state index contributed by atoms with van der Waals surface area (Å²) < 4.78 is 24.8. The van der Waals surface area contributed by atoms with Gasteiger partial charge in [0.15, 0.2) is 9.84 Å². The van der Waals surface area contributed by atoms with Crippen LogP contribution in [0.3, 0.4) is 0 Å². The maximum Gasteiger partial charge on any atom is 0.303 e. The Balaban J connectivity index is 3.06. The topological polar surface area (TPSA) is 101 Å². The molecule has 1 atom stereocenters. The summed E-state index contributed by atoms with van der Waals surface area (Å²) in [4.78, 5) is 28.0. The van der Waals surface area contributed by atoms with Crippen LogP contribution in [0.5, 0.6) is 0 Å². The van der Waals surface area contributed by atoms with Crippen molar-refractivity contribution in [2.24, 2.45) is 0 Å². The fourth-order valence-corrected chi connectivity index (χ4v) is 4.23. The molecule has 0 fully saturated rings. The van der Waals surface area contributed by atoms with Crippen molar-refractivity contribution in [1.29, 1.82) is 0 Å². The molecular formula is C19H29NO6S. The van der Waals surface area contributed by atoms with Gasteiger partial charge in [-0.25, -0.2) is 13.5 Å². The third-order valence-electron chi connectivity index (χ3n) is 4.00. The zero-order chi connectivity index (χ0) is 20.9. The first-order valence-corrected chi connectivity index (χ1v) is 10.3. The second kappa shape index (κ2) is 8.84. The molecule has 1 N–H and O–H groups in total. The molecule has 0 saturated carbocycles. The summed E-state index contributed by atoms with van der Waals surface area (Å²) in [6.45, 7) is 8.11. The zero-order valence-electron chi connectivity index (χ0n) is 16.5. The minimum atomic E-state index is -3.76. The Morgan fingerprint density at radius 3 is 2.19 bits per heavy atom. The Morgan fingerprint density at radius 2 is 1.74 bits per heavy atom. The molecule has 0 spiro atoms. The molecule has 0 aliphatic rings. The minimum absolute atomic E-state index is 0.162. The largest absolute Gasteiger partial charge is 0.481 e. The van der Waals surface area contributed by atoms with Crippen LogP contribution in [0.2, 0.25) is 0 Å². The first kappa shape index (κ1) is 23.1. The maximum absolute atomic E-state index is 13.0. The number of rotatable bonds is 10. The lowest BCUT2D eigenvalue weighted by Crippen LogP contribution is -2.47. The maximum atomic E-state index is 13.0. The Morgan fingerprint density at radius 1 is 1.19 bits per heavy atom. The highest BCUT2D eigenvalue weighted by Gasteiger charge is 2.39. The number of sulfone groups is 1. The van der Waals surface area contributed by atoms with E-state index in [1.807, 2.05) is 0 Å². The predicted molar refractivity (Wildman–Crippen MR) is 103 cm³/mol. The number of benzene rings is 1. The number of aliphatic carboxylic acids is 1. The predicted octanol–water partition coefficient (Wildman–Crippen LogP) is 2.63. The Bertz CT molecular complexity index is 737. The monoisotopic (exact) mass is 399 g/mol. The van der Waals surface area contributed by atoms with Crippen molar-refractivity contribution in [2.45, 2.75) is 57.3 Å².